The molecule has 1 saturated heterocycles. The van der Waals surface area contributed by atoms with Crippen LogP contribution in [0.25, 0.3) is 11.0 Å². The molecule has 3 heterocycles. The number of aromatic nitrogens is 4. The molecule has 2 aromatic heterocycles. The van der Waals surface area contributed by atoms with Crippen LogP contribution in [-0.2, 0) is 4.74 Å². The summed E-state index contributed by atoms with van der Waals surface area (Å²) in [5.74, 6) is -0.0364. The molecule has 2 aromatic rings. The van der Waals surface area contributed by atoms with E-state index in [9.17, 15) is 19.8 Å². The number of ether oxygens (including phenoxy) is 1. The molecule has 0 spiro atoms. The Kier molecular flexibility index (Phi) is 3.85. The molecule has 11 nitrogen and oxygen atoms in total. The van der Waals surface area contributed by atoms with Crippen molar-refractivity contribution in [2.75, 3.05) is 19.0 Å². The van der Waals surface area contributed by atoms with Crippen molar-refractivity contribution in [2.24, 2.45) is 0 Å². The third-order valence-electron chi connectivity index (χ3n) is 3.68. The fraction of sp³-hybridized carbons (Fsp3) is 0.500. The van der Waals surface area contributed by atoms with Gasteiger partial charge in [0.1, 0.15) is 23.8 Å². The summed E-state index contributed by atoms with van der Waals surface area (Å²) < 4.78 is 6.49. The van der Waals surface area contributed by atoms with Gasteiger partial charge in [0.25, 0.3) is 5.56 Å². The fourth-order valence-corrected chi connectivity index (χ4v) is 2.51. The van der Waals surface area contributed by atoms with Gasteiger partial charge in [-0.05, 0) is 0 Å². The number of aliphatic hydroxyl groups excluding tert-OH is 3. The van der Waals surface area contributed by atoms with Gasteiger partial charge in [0.2, 0.25) is 5.95 Å². The van der Waals surface area contributed by atoms with Gasteiger partial charge in [0.15, 0.2) is 11.7 Å². The summed E-state index contributed by atoms with van der Waals surface area (Å²) in [5.41, 5.74) is -1.77. The minimum atomic E-state index is -1.40. The van der Waals surface area contributed by atoms with Crippen molar-refractivity contribution in [2.45, 2.75) is 24.5 Å². The minimum absolute atomic E-state index is 0.0364. The Labute approximate surface area is 128 Å². The molecule has 0 saturated carbocycles. The lowest BCUT2D eigenvalue weighted by Crippen LogP contribution is -2.33. The second-order valence-electron chi connectivity index (χ2n) is 5.05. The molecule has 1 aliphatic rings. The van der Waals surface area contributed by atoms with Crippen LogP contribution in [0, 0.1) is 0 Å². The molecule has 0 bridgehead atoms. The Morgan fingerprint density at radius 1 is 1.39 bits per heavy atom. The van der Waals surface area contributed by atoms with Crippen LogP contribution in [0.5, 0.6) is 0 Å². The molecule has 3 rings (SSSR count). The molecule has 11 heteroatoms. The molecule has 1 aliphatic heterocycles. The fourth-order valence-electron chi connectivity index (χ4n) is 2.51. The lowest BCUT2D eigenvalue weighted by atomic mass is 10.1. The molecule has 0 aromatic carbocycles. The highest BCUT2D eigenvalue weighted by molar-refractivity contribution is 5.73. The number of nitrogens with zero attached hydrogens (tertiary/aromatic N) is 3. The standard InChI is InChI=1S/C12H15N5O6/c1-13-12-15-9(21)5-6(10(22)16-12)17(3-14-5)11-8(20)7(19)4(2-18)23-11/h3-4,7-8,11,18-20H,2H2,1H3,(H2,13,15,16,21,22)/t4-,7-,8-,11?/m1/s1. The van der Waals surface area contributed by atoms with Crippen LogP contribution >= 0.6 is 0 Å². The van der Waals surface area contributed by atoms with Gasteiger partial charge in [-0.15, -0.1) is 0 Å². The number of aromatic amines is 1. The maximum Gasteiger partial charge on any atom is 0.301 e. The van der Waals surface area contributed by atoms with Crippen molar-refractivity contribution >= 4 is 17.0 Å². The van der Waals surface area contributed by atoms with Crippen LogP contribution in [-0.4, -0.2) is 66.8 Å². The molecule has 4 atom stereocenters. The molecule has 124 valence electrons. The van der Waals surface area contributed by atoms with Crippen molar-refractivity contribution in [3.8, 4) is 0 Å². The number of aliphatic hydroxyl groups is 3. The average Bonchev–Trinajstić information content (AvgIpc) is 3.05. The van der Waals surface area contributed by atoms with Gasteiger partial charge in [0, 0.05) is 7.05 Å². The highest BCUT2D eigenvalue weighted by atomic mass is 16.6. The number of hydrogen-bond donors (Lipinski definition) is 5. The van der Waals surface area contributed by atoms with E-state index < -0.39 is 42.3 Å². The minimum Gasteiger partial charge on any atom is -0.394 e. The summed E-state index contributed by atoms with van der Waals surface area (Å²) in [4.78, 5) is 34.2. The molecule has 1 unspecified atom stereocenters. The van der Waals surface area contributed by atoms with Gasteiger partial charge in [-0.25, -0.2) is 4.98 Å². The number of nitrogens with one attached hydrogen (secondary N) is 2. The number of imidazole rings is 1. The largest absolute Gasteiger partial charge is 0.394 e. The van der Waals surface area contributed by atoms with Crippen LogP contribution in [0.15, 0.2) is 15.9 Å². The quantitative estimate of drug-likeness (QED) is 0.399. The van der Waals surface area contributed by atoms with E-state index in [4.69, 9.17) is 9.84 Å². The van der Waals surface area contributed by atoms with Gasteiger partial charge in [-0.2, -0.15) is 4.98 Å². The van der Waals surface area contributed by atoms with Gasteiger partial charge in [-0.1, -0.05) is 0 Å². The third kappa shape index (κ3) is 2.39. The lowest BCUT2D eigenvalue weighted by molar-refractivity contribution is -0.0509. The Morgan fingerprint density at radius 2 is 2.13 bits per heavy atom. The summed E-state index contributed by atoms with van der Waals surface area (Å²) in [6.45, 7) is -0.510. The first kappa shape index (κ1) is 15.6. The van der Waals surface area contributed by atoms with E-state index in [1.807, 2.05) is 0 Å². The Hall–Kier alpha value is -2.34. The number of anilines is 1. The normalized spacial score (nSPS) is 27.5. The van der Waals surface area contributed by atoms with Gasteiger partial charge in [-0.3, -0.25) is 19.1 Å². The first-order valence-electron chi connectivity index (χ1n) is 6.79. The number of hydrogen-bond acceptors (Lipinski definition) is 9. The number of fused-ring (bicyclic) bond motifs is 1. The molecular weight excluding hydrogens is 310 g/mol. The smallest absolute Gasteiger partial charge is 0.301 e. The van der Waals surface area contributed by atoms with Crippen LogP contribution in [0.4, 0.5) is 5.95 Å². The van der Waals surface area contributed by atoms with E-state index in [1.165, 1.54) is 7.05 Å². The van der Waals surface area contributed by atoms with E-state index in [0.717, 1.165) is 10.9 Å². The van der Waals surface area contributed by atoms with E-state index in [1.54, 1.807) is 0 Å². The summed E-state index contributed by atoms with van der Waals surface area (Å²) >= 11 is 0. The van der Waals surface area contributed by atoms with Crippen molar-refractivity contribution < 1.29 is 20.1 Å². The lowest BCUT2D eigenvalue weighted by Gasteiger charge is -2.16. The topological polar surface area (TPSA) is 163 Å². The Bertz CT molecular complexity index is 848. The average molecular weight is 325 g/mol. The Morgan fingerprint density at radius 3 is 2.74 bits per heavy atom. The van der Waals surface area contributed by atoms with Crippen LogP contribution in [0.2, 0.25) is 0 Å². The third-order valence-corrected chi connectivity index (χ3v) is 3.68. The Balaban J connectivity index is 2.21. The van der Waals surface area contributed by atoms with E-state index in [0.29, 0.717) is 0 Å². The second kappa shape index (κ2) is 5.70. The molecule has 0 amide bonds. The van der Waals surface area contributed by atoms with Gasteiger partial charge in [0.05, 0.1) is 12.9 Å². The summed E-state index contributed by atoms with van der Waals surface area (Å²) in [6.07, 6.45) is -3.78. The predicted molar refractivity (Wildman–Crippen MR) is 77.0 cm³/mol. The number of H-pyrrole nitrogens is 1. The van der Waals surface area contributed by atoms with E-state index >= 15 is 0 Å². The molecule has 23 heavy (non-hydrogen) atoms. The highest BCUT2D eigenvalue weighted by Crippen LogP contribution is 2.30. The van der Waals surface area contributed by atoms with Gasteiger partial charge >= 0.3 is 5.56 Å². The SMILES string of the molecule is CNc1nc(=O)c2ncn(C3O[C@H](CO)[C@@H](O)[C@H]3O)c2c(=O)[nH]1. The summed E-state index contributed by atoms with van der Waals surface area (Å²) in [6, 6.07) is 0. The summed E-state index contributed by atoms with van der Waals surface area (Å²) in [7, 11) is 1.48. The van der Waals surface area contributed by atoms with E-state index in [-0.39, 0.29) is 17.0 Å². The maximum absolute atomic E-state index is 12.3. The molecule has 0 aliphatic carbocycles. The zero-order chi connectivity index (χ0) is 16.7. The van der Waals surface area contributed by atoms with Crippen LogP contribution in [0.1, 0.15) is 6.23 Å². The first-order chi connectivity index (χ1) is 11.0. The first-order valence-corrected chi connectivity index (χ1v) is 6.79. The number of rotatable bonds is 3. The van der Waals surface area contributed by atoms with Crippen LogP contribution < -0.4 is 16.4 Å². The molecule has 1 fully saturated rings. The highest BCUT2D eigenvalue weighted by Gasteiger charge is 2.44. The monoisotopic (exact) mass is 325 g/mol. The maximum atomic E-state index is 12.3. The molecule has 0 radical (unpaired) electrons. The zero-order valence-corrected chi connectivity index (χ0v) is 12.0. The zero-order valence-electron chi connectivity index (χ0n) is 12.0. The van der Waals surface area contributed by atoms with Crippen molar-refractivity contribution in [1.82, 2.24) is 19.5 Å². The van der Waals surface area contributed by atoms with Crippen molar-refractivity contribution in [3.05, 3.63) is 27.0 Å². The second-order valence-corrected chi connectivity index (χ2v) is 5.05. The van der Waals surface area contributed by atoms with Gasteiger partial charge < -0.3 is 25.4 Å². The van der Waals surface area contributed by atoms with E-state index in [2.05, 4.69) is 20.3 Å². The molecule has 5 N–H and O–H groups in total. The molecular formula is C12H15N5O6. The predicted octanol–water partition coefficient (Wildman–Crippen LogP) is -2.87. The van der Waals surface area contributed by atoms with Crippen molar-refractivity contribution in [3.63, 3.8) is 0 Å². The van der Waals surface area contributed by atoms with Crippen molar-refractivity contribution in [1.29, 1.82) is 0 Å². The van der Waals surface area contributed by atoms with Crippen LogP contribution in [0.3, 0.4) is 0 Å². The summed E-state index contributed by atoms with van der Waals surface area (Å²) in [5, 5.41) is 31.6.